The topological polar surface area (TPSA) is 62.3 Å². The summed E-state index contributed by atoms with van der Waals surface area (Å²) in [7, 11) is 0. The number of carbonyl (C=O) groups is 2. The first kappa shape index (κ1) is 17.1. The SMILES string of the molecule is CC(=O)NCc1csc([C@@H]2CCCN(C(=O)Cc3cccs3)C2)n1. The molecule has 0 saturated carbocycles. The van der Waals surface area contributed by atoms with Crippen LogP contribution >= 0.6 is 22.7 Å². The van der Waals surface area contributed by atoms with Crippen LogP contribution < -0.4 is 5.32 Å². The average molecular weight is 364 g/mol. The standard InChI is InChI=1S/C17H21N3O2S2/c1-12(21)18-9-14-11-24-17(19-14)13-4-2-6-20(10-13)16(22)8-15-5-3-7-23-15/h3,5,7,11,13H,2,4,6,8-10H2,1H3,(H,18,21)/t13-/m1/s1. The Hall–Kier alpha value is -1.73. The summed E-state index contributed by atoms with van der Waals surface area (Å²) in [4.78, 5) is 31.2. The highest BCUT2D eigenvalue weighted by atomic mass is 32.1. The summed E-state index contributed by atoms with van der Waals surface area (Å²) >= 11 is 3.26. The molecule has 1 saturated heterocycles. The molecule has 1 aliphatic rings. The lowest BCUT2D eigenvalue weighted by Gasteiger charge is -2.31. The molecule has 3 rings (SSSR count). The van der Waals surface area contributed by atoms with Gasteiger partial charge in [-0.1, -0.05) is 6.07 Å². The van der Waals surface area contributed by atoms with Crippen LogP contribution in [0.1, 0.15) is 41.3 Å². The van der Waals surface area contributed by atoms with Crippen molar-refractivity contribution in [2.24, 2.45) is 0 Å². The number of hydrogen-bond acceptors (Lipinski definition) is 5. The molecule has 0 aromatic carbocycles. The van der Waals surface area contributed by atoms with E-state index >= 15 is 0 Å². The molecule has 1 fully saturated rings. The van der Waals surface area contributed by atoms with Crippen molar-refractivity contribution in [3.05, 3.63) is 38.5 Å². The van der Waals surface area contributed by atoms with Crippen molar-refractivity contribution in [1.82, 2.24) is 15.2 Å². The van der Waals surface area contributed by atoms with Crippen molar-refractivity contribution in [3.63, 3.8) is 0 Å². The molecule has 2 aromatic rings. The third-order valence-electron chi connectivity index (χ3n) is 4.12. The third-order valence-corrected chi connectivity index (χ3v) is 6.05. The molecule has 0 bridgehead atoms. The number of piperidine rings is 1. The highest BCUT2D eigenvalue weighted by molar-refractivity contribution is 7.10. The van der Waals surface area contributed by atoms with Gasteiger partial charge >= 0.3 is 0 Å². The molecule has 2 aromatic heterocycles. The van der Waals surface area contributed by atoms with Gasteiger partial charge in [-0.05, 0) is 24.3 Å². The first-order valence-electron chi connectivity index (χ1n) is 8.10. The molecule has 0 aliphatic carbocycles. The quantitative estimate of drug-likeness (QED) is 0.888. The first-order valence-corrected chi connectivity index (χ1v) is 9.86. The van der Waals surface area contributed by atoms with Gasteiger partial charge in [0.2, 0.25) is 11.8 Å². The molecule has 7 heteroatoms. The van der Waals surface area contributed by atoms with E-state index in [-0.39, 0.29) is 11.8 Å². The van der Waals surface area contributed by atoms with Crippen LogP contribution in [-0.2, 0) is 22.6 Å². The van der Waals surface area contributed by atoms with Crippen LogP contribution in [-0.4, -0.2) is 34.8 Å². The monoisotopic (exact) mass is 363 g/mol. The Balaban J connectivity index is 1.58. The predicted octanol–water partition coefficient (Wildman–Crippen LogP) is 2.79. The number of hydrogen-bond donors (Lipinski definition) is 1. The molecule has 1 N–H and O–H groups in total. The molecule has 1 atom stereocenters. The van der Waals surface area contributed by atoms with Crippen LogP contribution in [0.25, 0.3) is 0 Å². The average Bonchev–Trinajstić information content (AvgIpc) is 3.24. The molecule has 0 spiro atoms. The summed E-state index contributed by atoms with van der Waals surface area (Å²) in [5, 5.41) is 7.85. The summed E-state index contributed by atoms with van der Waals surface area (Å²) < 4.78 is 0. The zero-order chi connectivity index (χ0) is 16.9. The van der Waals surface area contributed by atoms with E-state index in [2.05, 4.69) is 10.3 Å². The van der Waals surface area contributed by atoms with Crippen LogP contribution in [0.3, 0.4) is 0 Å². The molecule has 5 nitrogen and oxygen atoms in total. The number of likely N-dealkylation sites (tertiary alicyclic amines) is 1. The minimum absolute atomic E-state index is 0.0486. The maximum Gasteiger partial charge on any atom is 0.227 e. The molecule has 3 heterocycles. The van der Waals surface area contributed by atoms with Crippen LogP contribution in [0, 0.1) is 0 Å². The summed E-state index contributed by atoms with van der Waals surface area (Å²) in [6.45, 7) is 3.56. The highest BCUT2D eigenvalue weighted by Gasteiger charge is 2.26. The normalized spacial score (nSPS) is 17.7. The molecular weight excluding hydrogens is 342 g/mol. The van der Waals surface area contributed by atoms with Crippen LogP contribution in [0.15, 0.2) is 22.9 Å². The van der Waals surface area contributed by atoms with Crippen molar-refractivity contribution in [2.75, 3.05) is 13.1 Å². The van der Waals surface area contributed by atoms with Crippen LogP contribution in [0.5, 0.6) is 0 Å². The van der Waals surface area contributed by atoms with E-state index in [1.807, 2.05) is 27.8 Å². The second-order valence-electron chi connectivity index (χ2n) is 6.02. The fourth-order valence-corrected chi connectivity index (χ4v) is 4.53. The molecule has 24 heavy (non-hydrogen) atoms. The van der Waals surface area contributed by atoms with Crippen molar-refractivity contribution in [3.8, 4) is 0 Å². The fourth-order valence-electron chi connectivity index (χ4n) is 2.89. The molecule has 0 radical (unpaired) electrons. The van der Waals surface area contributed by atoms with E-state index < -0.39 is 0 Å². The van der Waals surface area contributed by atoms with Gasteiger partial charge in [-0.3, -0.25) is 9.59 Å². The van der Waals surface area contributed by atoms with E-state index in [0.717, 1.165) is 41.5 Å². The number of thiophene rings is 1. The Morgan fingerprint density at radius 2 is 2.29 bits per heavy atom. The van der Waals surface area contributed by atoms with Crippen molar-refractivity contribution in [2.45, 2.75) is 38.6 Å². The number of nitrogens with one attached hydrogen (secondary N) is 1. The second-order valence-corrected chi connectivity index (χ2v) is 7.94. The van der Waals surface area contributed by atoms with E-state index in [4.69, 9.17) is 0 Å². The third kappa shape index (κ3) is 4.42. The van der Waals surface area contributed by atoms with Gasteiger partial charge in [0.15, 0.2) is 0 Å². The molecule has 128 valence electrons. The number of nitrogens with zero attached hydrogens (tertiary/aromatic N) is 2. The zero-order valence-electron chi connectivity index (χ0n) is 13.7. The van der Waals surface area contributed by atoms with Gasteiger partial charge in [0.05, 0.1) is 23.7 Å². The number of thiazole rings is 1. The van der Waals surface area contributed by atoms with Crippen molar-refractivity contribution >= 4 is 34.5 Å². The van der Waals surface area contributed by atoms with Gasteiger partial charge in [0, 0.05) is 36.2 Å². The Morgan fingerprint density at radius 1 is 1.42 bits per heavy atom. The Morgan fingerprint density at radius 3 is 3.04 bits per heavy atom. The minimum atomic E-state index is -0.0486. The first-order chi connectivity index (χ1) is 11.6. The van der Waals surface area contributed by atoms with E-state index in [0.29, 0.717) is 18.9 Å². The maximum absolute atomic E-state index is 12.5. The van der Waals surface area contributed by atoms with Crippen LogP contribution in [0.4, 0.5) is 0 Å². The lowest BCUT2D eigenvalue weighted by Crippen LogP contribution is -2.39. The molecular formula is C17H21N3O2S2. The smallest absolute Gasteiger partial charge is 0.227 e. The highest BCUT2D eigenvalue weighted by Crippen LogP contribution is 2.29. The van der Waals surface area contributed by atoms with Gasteiger partial charge in [-0.25, -0.2) is 4.98 Å². The molecule has 0 unspecified atom stereocenters. The number of amides is 2. The number of carbonyl (C=O) groups excluding carboxylic acids is 2. The van der Waals surface area contributed by atoms with Gasteiger partial charge in [0.25, 0.3) is 0 Å². The largest absolute Gasteiger partial charge is 0.351 e. The summed E-state index contributed by atoms with van der Waals surface area (Å²) in [5.74, 6) is 0.465. The maximum atomic E-state index is 12.5. The van der Waals surface area contributed by atoms with Gasteiger partial charge in [-0.2, -0.15) is 0 Å². The minimum Gasteiger partial charge on any atom is -0.351 e. The Labute approximate surface area is 149 Å². The number of rotatable bonds is 5. The summed E-state index contributed by atoms with van der Waals surface area (Å²) in [5.41, 5.74) is 0.896. The van der Waals surface area contributed by atoms with Crippen molar-refractivity contribution < 1.29 is 9.59 Å². The predicted molar refractivity (Wildman–Crippen MR) is 96.2 cm³/mol. The summed E-state index contributed by atoms with van der Waals surface area (Å²) in [6, 6.07) is 4.00. The van der Waals surface area contributed by atoms with Crippen LogP contribution in [0.2, 0.25) is 0 Å². The van der Waals surface area contributed by atoms with Gasteiger partial charge < -0.3 is 10.2 Å². The van der Waals surface area contributed by atoms with E-state index in [9.17, 15) is 9.59 Å². The second kappa shape index (κ2) is 7.90. The Bertz CT molecular complexity index is 697. The van der Waals surface area contributed by atoms with Gasteiger partial charge in [0.1, 0.15) is 0 Å². The lowest BCUT2D eigenvalue weighted by molar-refractivity contribution is -0.131. The van der Waals surface area contributed by atoms with Gasteiger partial charge in [-0.15, -0.1) is 22.7 Å². The molecule has 1 aliphatic heterocycles. The molecule has 2 amide bonds. The van der Waals surface area contributed by atoms with E-state index in [1.54, 1.807) is 22.7 Å². The number of aromatic nitrogens is 1. The lowest BCUT2D eigenvalue weighted by atomic mass is 9.98. The summed E-state index contributed by atoms with van der Waals surface area (Å²) in [6.07, 6.45) is 2.58. The Kier molecular flexibility index (Phi) is 5.63. The zero-order valence-corrected chi connectivity index (χ0v) is 15.3. The van der Waals surface area contributed by atoms with E-state index in [1.165, 1.54) is 6.92 Å². The fraction of sp³-hybridized carbons (Fsp3) is 0.471. The van der Waals surface area contributed by atoms with Crippen molar-refractivity contribution in [1.29, 1.82) is 0 Å².